The summed E-state index contributed by atoms with van der Waals surface area (Å²) >= 11 is 0. The van der Waals surface area contributed by atoms with Crippen LogP contribution in [0.1, 0.15) is 12.5 Å². The summed E-state index contributed by atoms with van der Waals surface area (Å²) in [5, 5.41) is 18.3. The van der Waals surface area contributed by atoms with Crippen molar-refractivity contribution >= 4 is 0 Å². The van der Waals surface area contributed by atoms with E-state index in [4.69, 9.17) is 10.00 Å². The van der Waals surface area contributed by atoms with E-state index in [9.17, 15) is 5.11 Å². The van der Waals surface area contributed by atoms with Gasteiger partial charge >= 0.3 is 0 Å². The van der Waals surface area contributed by atoms with Crippen LogP contribution in [0.15, 0.2) is 36.7 Å². The van der Waals surface area contributed by atoms with Gasteiger partial charge in [0.2, 0.25) is 0 Å². The van der Waals surface area contributed by atoms with Crippen molar-refractivity contribution in [2.24, 2.45) is 0 Å². The van der Waals surface area contributed by atoms with E-state index in [-0.39, 0.29) is 11.3 Å². The monoisotopic (exact) mass is 240 g/mol. The molecule has 0 aliphatic heterocycles. The second-order valence-corrected chi connectivity index (χ2v) is 3.69. The largest absolute Gasteiger partial charge is 0.507 e. The molecule has 18 heavy (non-hydrogen) atoms. The zero-order valence-corrected chi connectivity index (χ0v) is 9.92. The predicted molar refractivity (Wildman–Crippen MR) is 67.2 cm³/mol. The van der Waals surface area contributed by atoms with E-state index >= 15 is 0 Å². The molecule has 0 aliphatic carbocycles. The van der Waals surface area contributed by atoms with E-state index in [2.05, 4.69) is 4.98 Å². The molecule has 0 spiro atoms. The molecule has 0 saturated carbocycles. The van der Waals surface area contributed by atoms with Gasteiger partial charge in [-0.2, -0.15) is 5.26 Å². The van der Waals surface area contributed by atoms with E-state index in [1.807, 2.05) is 19.1 Å². The summed E-state index contributed by atoms with van der Waals surface area (Å²) in [7, 11) is 0. The van der Waals surface area contributed by atoms with Crippen LogP contribution < -0.4 is 4.74 Å². The van der Waals surface area contributed by atoms with Crippen LogP contribution in [-0.4, -0.2) is 16.7 Å². The van der Waals surface area contributed by atoms with Crippen molar-refractivity contribution < 1.29 is 9.84 Å². The predicted octanol–water partition coefficient (Wildman–Crippen LogP) is 2.72. The average Bonchev–Trinajstić information content (AvgIpc) is 2.40. The molecule has 0 saturated heterocycles. The fraction of sp³-hybridized carbons (Fsp3) is 0.143. The second kappa shape index (κ2) is 5.19. The number of nitrogens with zero attached hydrogens (tertiary/aromatic N) is 2. The van der Waals surface area contributed by atoms with Crippen LogP contribution in [0, 0.1) is 11.3 Å². The summed E-state index contributed by atoms with van der Waals surface area (Å²) in [5.41, 5.74) is 1.91. The van der Waals surface area contributed by atoms with Crippen molar-refractivity contribution in [3.05, 3.63) is 42.2 Å². The minimum absolute atomic E-state index is 0.0184. The molecule has 1 N–H and O–H groups in total. The van der Waals surface area contributed by atoms with Crippen molar-refractivity contribution in [3.63, 3.8) is 0 Å². The lowest BCUT2D eigenvalue weighted by molar-refractivity contribution is 0.339. The SMILES string of the molecule is CCOc1cncc(-c2ccc(O)c(C#N)c2)c1. The van der Waals surface area contributed by atoms with Crippen LogP contribution in [0.4, 0.5) is 0 Å². The molecular weight excluding hydrogens is 228 g/mol. The minimum Gasteiger partial charge on any atom is -0.507 e. The maximum Gasteiger partial charge on any atom is 0.138 e. The van der Waals surface area contributed by atoms with E-state index in [0.717, 1.165) is 11.1 Å². The van der Waals surface area contributed by atoms with Crippen molar-refractivity contribution in [1.82, 2.24) is 4.98 Å². The first-order valence-corrected chi connectivity index (χ1v) is 5.56. The maximum absolute atomic E-state index is 9.46. The third-order valence-corrected chi connectivity index (χ3v) is 2.47. The molecule has 2 rings (SSSR count). The zero-order valence-electron chi connectivity index (χ0n) is 9.92. The van der Waals surface area contributed by atoms with Crippen molar-refractivity contribution in [3.8, 4) is 28.7 Å². The molecule has 0 fully saturated rings. The minimum atomic E-state index is -0.0184. The van der Waals surface area contributed by atoms with Gasteiger partial charge in [-0.25, -0.2) is 0 Å². The van der Waals surface area contributed by atoms with Crippen LogP contribution in [0.2, 0.25) is 0 Å². The number of benzene rings is 1. The fourth-order valence-corrected chi connectivity index (χ4v) is 1.63. The van der Waals surface area contributed by atoms with Gasteiger partial charge in [0.25, 0.3) is 0 Å². The molecule has 0 atom stereocenters. The number of ether oxygens (including phenoxy) is 1. The highest BCUT2D eigenvalue weighted by Crippen LogP contribution is 2.27. The Morgan fingerprint density at radius 2 is 2.11 bits per heavy atom. The van der Waals surface area contributed by atoms with Gasteiger partial charge in [-0.3, -0.25) is 4.98 Å². The molecule has 1 aromatic heterocycles. The molecule has 4 nitrogen and oxygen atoms in total. The van der Waals surface area contributed by atoms with E-state index in [0.29, 0.717) is 12.4 Å². The van der Waals surface area contributed by atoms with E-state index in [1.54, 1.807) is 24.5 Å². The highest BCUT2D eigenvalue weighted by Gasteiger charge is 2.05. The highest BCUT2D eigenvalue weighted by atomic mass is 16.5. The number of hydrogen-bond donors (Lipinski definition) is 1. The molecule has 0 amide bonds. The maximum atomic E-state index is 9.46. The van der Waals surface area contributed by atoms with Crippen LogP contribution >= 0.6 is 0 Å². The van der Waals surface area contributed by atoms with Gasteiger partial charge in [-0.1, -0.05) is 6.07 Å². The van der Waals surface area contributed by atoms with Gasteiger partial charge in [0.1, 0.15) is 17.6 Å². The van der Waals surface area contributed by atoms with Crippen molar-refractivity contribution in [2.45, 2.75) is 6.92 Å². The first-order chi connectivity index (χ1) is 8.74. The Bertz CT molecular complexity index is 603. The Kier molecular flexibility index (Phi) is 3.44. The number of pyridine rings is 1. The van der Waals surface area contributed by atoms with Crippen LogP contribution in [-0.2, 0) is 0 Å². The number of phenols is 1. The van der Waals surface area contributed by atoms with Crippen LogP contribution in [0.25, 0.3) is 11.1 Å². The molecular formula is C14H12N2O2. The molecule has 4 heteroatoms. The number of phenolic OH excluding ortho intramolecular Hbond substituents is 1. The molecule has 0 aliphatic rings. The highest BCUT2D eigenvalue weighted by molar-refractivity contribution is 5.67. The number of aromatic hydroxyl groups is 1. The van der Waals surface area contributed by atoms with Crippen LogP contribution in [0.3, 0.4) is 0 Å². The Hall–Kier alpha value is -2.54. The number of hydrogen-bond acceptors (Lipinski definition) is 4. The molecule has 1 heterocycles. The molecule has 90 valence electrons. The van der Waals surface area contributed by atoms with Gasteiger partial charge in [-0.15, -0.1) is 0 Å². The third-order valence-electron chi connectivity index (χ3n) is 2.47. The number of nitriles is 1. The second-order valence-electron chi connectivity index (χ2n) is 3.69. The Morgan fingerprint density at radius 1 is 1.28 bits per heavy atom. The topological polar surface area (TPSA) is 66.1 Å². The van der Waals surface area contributed by atoms with Gasteiger partial charge in [-0.05, 0) is 30.7 Å². The molecule has 0 unspecified atom stereocenters. The Balaban J connectivity index is 2.42. The van der Waals surface area contributed by atoms with Crippen molar-refractivity contribution in [2.75, 3.05) is 6.61 Å². The summed E-state index contributed by atoms with van der Waals surface area (Å²) in [6.45, 7) is 2.48. The third kappa shape index (κ3) is 2.41. The Labute approximate surface area is 105 Å². The first kappa shape index (κ1) is 11.9. The molecule has 1 aromatic carbocycles. The summed E-state index contributed by atoms with van der Waals surface area (Å²) in [6, 6.07) is 8.66. The molecule has 0 bridgehead atoms. The fourth-order valence-electron chi connectivity index (χ4n) is 1.63. The average molecular weight is 240 g/mol. The lowest BCUT2D eigenvalue weighted by atomic mass is 10.0. The number of aromatic nitrogens is 1. The standard InChI is InChI=1S/C14H12N2O2/c1-2-18-13-6-12(8-16-9-13)10-3-4-14(17)11(5-10)7-15/h3-6,8-9,17H,2H2,1H3. The van der Waals surface area contributed by atoms with E-state index < -0.39 is 0 Å². The summed E-state index contributed by atoms with van der Waals surface area (Å²) in [5.74, 6) is 0.664. The van der Waals surface area contributed by atoms with Gasteiger partial charge in [0.15, 0.2) is 0 Å². The smallest absolute Gasteiger partial charge is 0.138 e. The molecule has 0 radical (unpaired) electrons. The first-order valence-electron chi connectivity index (χ1n) is 5.56. The lowest BCUT2D eigenvalue weighted by Crippen LogP contribution is -1.92. The molecule has 2 aromatic rings. The van der Waals surface area contributed by atoms with Gasteiger partial charge in [0, 0.05) is 11.8 Å². The summed E-state index contributed by atoms with van der Waals surface area (Å²) < 4.78 is 5.37. The van der Waals surface area contributed by atoms with Gasteiger partial charge < -0.3 is 9.84 Å². The van der Waals surface area contributed by atoms with E-state index in [1.165, 1.54) is 6.07 Å². The normalized spacial score (nSPS) is 9.78. The quantitative estimate of drug-likeness (QED) is 0.895. The number of rotatable bonds is 3. The lowest BCUT2D eigenvalue weighted by Gasteiger charge is -2.06. The summed E-state index contributed by atoms with van der Waals surface area (Å²) in [4.78, 5) is 4.09. The van der Waals surface area contributed by atoms with Crippen LogP contribution in [0.5, 0.6) is 11.5 Å². The van der Waals surface area contributed by atoms with Crippen molar-refractivity contribution in [1.29, 1.82) is 5.26 Å². The van der Waals surface area contributed by atoms with Gasteiger partial charge in [0.05, 0.1) is 18.4 Å². The zero-order chi connectivity index (χ0) is 13.0. The Morgan fingerprint density at radius 3 is 2.83 bits per heavy atom. The summed E-state index contributed by atoms with van der Waals surface area (Å²) in [6.07, 6.45) is 3.33.